The molecule has 0 aromatic carbocycles. The average molecular weight is 312 g/mol. The molecule has 1 fully saturated rings. The van der Waals surface area contributed by atoms with E-state index < -0.39 is 0 Å². The molecule has 1 aliphatic rings. The zero-order valence-electron chi connectivity index (χ0n) is 14.3. The van der Waals surface area contributed by atoms with Crippen molar-refractivity contribution in [3.8, 4) is 0 Å². The van der Waals surface area contributed by atoms with Crippen LogP contribution in [0.5, 0.6) is 0 Å². The minimum absolute atomic E-state index is 0.0556. The summed E-state index contributed by atoms with van der Waals surface area (Å²) < 4.78 is 5.53. The molecular weight excluding hydrogens is 280 g/mol. The number of ether oxygens (including phenoxy) is 1. The molecule has 0 unspecified atom stereocenters. The Balaban J connectivity index is 2.05. The van der Waals surface area contributed by atoms with Gasteiger partial charge in [0.25, 0.3) is 0 Å². The van der Waals surface area contributed by atoms with Gasteiger partial charge in [-0.25, -0.2) is 0 Å². The first-order valence-electron chi connectivity index (χ1n) is 8.69. The SMILES string of the molecule is CCC(CC)[C@H](CCNC(=O)CCCNC(=O)C1CC1)OC. The molecule has 0 aromatic heterocycles. The molecule has 0 aromatic rings. The summed E-state index contributed by atoms with van der Waals surface area (Å²) in [5.74, 6) is 0.998. The molecule has 1 rings (SSSR count). The minimum Gasteiger partial charge on any atom is -0.381 e. The van der Waals surface area contributed by atoms with Gasteiger partial charge in [0.15, 0.2) is 0 Å². The van der Waals surface area contributed by atoms with Gasteiger partial charge in [0.2, 0.25) is 11.8 Å². The lowest BCUT2D eigenvalue weighted by molar-refractivity contribution is -0.123. The molecule has 0 bridgehead atoms. The van der Waals surface area contributed by atoms with Crippen LogP contribution in [0.2, 0.25) is 0 Å². The molecule has 0 aliphatic heterocycles. The van der Waals surface area contributed by atoms with Gasteiger partial charge in [0.1, 0.15) is 0 Å². The van der Waals surface area contributed by atoms with Crippen LogP contribution in [0.25, 0.3) is 0 Å². The van der Waals surface area contributed by atoms with Crippen LogP contribution >= 0.6 is 0 Å². The smallest absolute Gasteiger partial charge is 0.223 e. The minimum atomic E-state index is 0.0556. The lowest BCUT2D eigenvalue weighted by Gasteiger charge is -2.24. The van der Waals surface area contributed by atoms with E-state index in [1.165, 1.54) is 0 Å². The monoisotopic (exact) mass is 312 g/mol. The zero-order chi connectivity index (χ0) is 16.4. The molecule has 1 atom stereocenters. The van der Waals surface area contributed by atoms with Crippen LogP contribution in [0.15, 0.2) is 0 Å². The first kappa shape index (κ1) is 18.9. The van der Waals surface area contributed by atoms with Crippen molar-refractivity contribution in [2.45, 2.75) is 64.9 Å². The number of rotatable bonds is 12. The van der Waals surface area contributed by atoms with Gasteiger partial charge in [-0.05, 0) is 31.6 Å². The van der Waals surface area contributed by atoms with Crippen LogP contribution in [0.1, 0.15) is 58.8 Å². The summed E-state index contributed by atoms with van der Waals surface area (Å²) >= 11 is 0. The van der Waals surface area contributed by atoms with Crippen LogP contribution in [-0.4, -0.2) is 38.1 Å². The highest BCUT2D eigenvalue weighted by Crippen LogP contribution is 2.28. The molecule has 2 amide bonds. The summed E-state index contributed by atoms with van der Waals surface area (Å²) in [6, 6.07) is 0. The second kappa shape index (κ2) is 10.6. The predicted molar refractivity (Wildman–Crippen MR) is 87.5 cm³/mol. The van der Waals surface area contributed by atoms with Gasteiger partial charge in [-0.3, -0.25) is 9.59 Å². The molecule has 1 saturated carbocycles. The summed E-state index contributed by atoms with van der Waals surface area (Å²) in [7, 11) is 1.74. The van der Waals surface area contributed by atoms with Crippen LogP contribution in [0.3, 0.4) is 0 Å². The van der Waals surface area contributed by atoms with Crippen molar-refractivity contribution >= 4 is 11.8 Å². The summed E-state index contributed by atoms with van der Waals surface area (Å²) in [6.07, 6.45) is 6.47. The van der Waals surface area contributed by atoms with Crippen molar-refractivity contribution in [3.63, 3.8) is 0 Å². The Hall–Kier alpha value is -1.10. The third kappa shape index (κ3) is 7.25. The fourth-order valence-electron chi connectivity index (χ4n) is 2.75. The van der Waals surface area contributed by atoms with Gasteiger partial charge >= 0.3 is 0 Å². The number of hydrogen-bond acceptors (Lipinski definition) is 3. The summed E-state index contributed by atoms with van der Waals surface area (Å²) in [5.41, 5.74) is 0. The predicted octanol–water partition coefficient (Wildman–Crippen LogP) is 2.25. The Morgan fingerprint density at radius 3 is 2.36 bits per heavy atom. The van der Waals surface area contributed by atoms with Crippen LogP contribution in [0.4, 0.5) is 0 Å². The van der Waals surface area contributed by atoms with Gasteiger partial charge in [-0.2, -0.15) is 0 Å². The third-order valence-corrected chi connectivity index (χ3v) is 4.46. The standard InChI is InChI=1S/C17H32N2O3/c1-4-13(5-2)15(22-3)10-12-18-16(20)7-6-11-19-17(21)14-8-9-14/h13-15H,4-12H2,1-3H3,(H,18,20)(H,19,21)/t15-/m0/s1. The van der Waals surface area contributed by atoms with Crippen molar-refractivity contribution in [1.29, 1.82) is 0 Å². The Labute approximate surface area is 134 Å². The molecule has 2 N–H and O–H groups in total. The van der Waals surface area contributed by atoms with Gasteiger partial charge in [0.05, 0.1) is 6.10 Å². The zero-order valence-corrected chi connectivity index (χ0v) is 14.3. The summed E-state index contributed by atoms with van der Waals surface area (Å²) in [5, 5.41) is 5.82. The maximum Gasteiger partial charge on any atom is 0.223 e. The molecule has 5 heteroatoms. The fraction of sp³-hybridized carbons (Fsp3) is 0.882. The summed E-state index contributed by atoms with van der Waals surface area (Å²) in [4.78, 5) is 23.2. The molecule has 0 radical (unpaired) electrons. The lowest BCUT2D eigenvalue weighted by Crippen LogP contribution is -2.31. The van der Waals surface area contributed by atoms with Crippen molar-refractivity contribution in [1.82, 2.24) is 10.6 Å². The number of nitrogens with one attached hydrogen (secondary N) is 2. The van der Waals surface area contributed by atoms with E-state index >= 15 is 0 Å². The van der Waals surface area contributed by atoms with Crippen molar-refractivity contribution < 1.29 is 14.3 Å². The van der Waals surface area contributed by atoms with Gasteiger partial charge in [-0.15, -0.1) is 0 Å². The van der Waals surface area contributed by atoms with Crippen LogP contribution in [-0.2, 0) is 14.3 Å². The van der Waals surface area contributed by atoms with Crippen LogP contribution < -0.4 is 10.6 Å². The molecular formula is C17H32N2O3. The van der Waals surface area contributed by atoms with Gasteiger partial charge in [-0.1, -0.05) is 26.7 Å². The number of carbonyl (C=O) groups is 2. The molecule has 5 nitrogen and oxygen atoms in total. The molecule has 0 heterocycles. The van der Waals surface area contributed by atoms with E-state index in [1.54, 1.807) is 7.11 Å². The summed E-state index contributed by atoms with van der Waals surface area (Å²) in [6.45, 7) is 5.60. The van der Waals surface area contributed by atoms with E-state index in [1.807, 2.05) is 0 Å². The fourth-order valence-corrected chi connectivity index (χ4v) is 2.75. The second-order valence-electron chi connectivity index (χ2n) is 6.16. The average Bonchev–Trinajstić information content (AvgIpc) is 3.35. The Kier molecular flexibility index (Phi) is 9.13. The van der Waals surface area contributed by atoms with E-state index in [0.29, 0.717) is 31.8 Å². The first-order valence-corrected chi connectivity index (χ1v) is 8.69. The normalized spacial score (nSPS) is 15.6. The van der Waals surface area contributed by atoms with Crippen molar-refractivity contribution in [2.24, 2.45) is 11.8 Å². The number of carbonyl (C=O) groups excluding carboxylic acids is 2. The maximum atomic E-state index is 11.7. The quantitative estimate of drug-likeness (QED) is 0.543. The molecule has 128 valence electrons. The van der Waals surface area contributed by atoms with Gasteiger partial charge < -0.3 is 15.4 Å². The Morgan fingerprint density at radius 2 is 1.82 bits per heavy atom. The number of amides is 2. The first-order chi connectivity index (χ1) is 10.6. The highest BCUT2D eigenvalue weighted by atomic mass is 16.5. The van der Waals surface area contributed by atoms with Gasteiger partial charge in [0, 0.05) is 32.5 Å². The van der Waals surface area contributed by atoms with E-state index in [0.717, 1.165) is 32.1 Å². The number of hydrogen-bond donors (Lipinski definition) is 2. The van der Waals surface area contributed by atoms with Crippen molar-refractivity contribution in [2.75, 3.05) is 20.2 Å². The number of methoxy groups -OCH3 is 1. The molecule has 0 saturated heterocycles. The third-order valence-electron chi connectivity index (χ3n) is 4.46. The van der Waals surface area contributed by atoms with Crippen LogP contribution in [0, 0.1) is 11.8 Å². The van der Waals surface area contributed by atoms with E-state index in [2.05, 4.69) is 24.5 Å². The topological polar surface area (TPSA) is 67.4 Å². The van der Waals surface area contributed by atoms with Crippen molar-refractivity contribution in [3.05, 3.63) is 0 Å². The Morgan fingerprint density at radius 1 is 1.14 bits per heavy atom. The Bertz CT molecular complexity index is 339. The highest BCUT2D eigenvalue weighted by Gasteiger charge is 2.28. The molecule has 22 heavy (non-hydrogen) atoms. The molecule has 0 spiro atoms. The second-order valence-corrected chi connectivity index (χ2v) is 6.16. The highest BCUT2D eigenvalue weighted by molar-refractivity contribution is 5.81. The maximum absolute atomic E-state index is 11.7. The molecule has 1 aliphatic carbocycles. The van der Waals surface area contributed by atoms with E-state index in [-0.39, 0.29) is 23.8 Å². The van der Waals surface area contributed by atoms with E-state index in [9.17, 15) is 9.59 Å². The lowest BCUT2D eigenvalue weighted by atomic mass is 9.94. The van der Waals surface area contributed by atoms with E-state index in [4.69, 9.17) is 4.74 Å². The largest absolute Gasteiger partial charge is 0.381 e.